The minimum atomic E-state index is -0.964. The maximum absolute atomic E-state index is 11.5. The van der Waals surface area contributed by atoms with Crippen molar-refractivity contribution in [2.75, 3.05) is 7.11 Å². The zero-order valence-corrected chi connectivity index (χ0v) is 13.3. The van der Waals surface area contributed by atoms with E-state index in [0.29, 0.717) is 23.7 Å². The van der Waals surface area contributed by atoms with Gasteiger partial charge in [-0.05, 0) is 34.9 Å². The molecular weight excluding hydrogens is 300 g/mol. The van der Waals surface area contributed by atoms with Crippen molar-refractivity contribution in [1.29, 1.82) is 0 Å². The number of carboxylic acids is 1. The molecule has 0 bridgehead atoms. The van der Waals surface area contributed by atoms with Gasteiger partial charge in [0.25, 0.3) is 0 Å². The van der Waals surface area contributed by atoms with Gasteiger partial charge < -0.3 is 14.6 Å². The fourth-order valence-electron chi connectivity index (χ4n) is 2.14. The van der Waals surface area contributed by atoms with Crippen molar-refractivity contribution >= 4 is 5.97 Å². The van der Waals surface area contributed by atoms with Crippen molar-refractivity contribution < 1.29 is 19.4 Å². The first-order chi connectivity index (χ1) is 11.0. The lowest BCUT2D eigenvalue weighted by atomic mass is 10.0. The number of carboxylic acid groups (broad SMARTS) is 1. The number of tetrazole rings is 1. The number of nitrogens with zero attached hydrogens (tertiary/aromatic N) is 4. The summed E-state index contributed by atoms with van der Waals surface area (Å²) in [5.74, 6) is 0.863. The summed E-state index contributed by atoms with van der Waals surface area (Å²) in [6.07, 6.45) is 0.437. The fraction of sp³-hybridized carbons (Fsp3) is 0.467. The Bertz CT molecular complexity index is 656. The van der Waals surface area contributed by atoms with Gasteiger partial charge in [0.15, 0.2) is 11.9 Å². The van der Waals surface area contributed by atoms with Gasteiger partial charge in [-0.1, -0.05) is 19.9 Å². The first kappa shape index (κ1) is 16.7. The van der Waals surface area contributed by atoms with E-state index in [1.54, 1.807) is 31.4 Å². The number of hydrogen-bond donors (Lipinski definition) is 1. The van der Waals surface area contributed by atoms with E-state index in [2.05, 4.69) is 15.5 Å². The highest BCUT2D eigenvalue weighted by Crippen LogP contribution is 2.21. The molecule has 1 unspecified atom stereocenters. The molecule has 0 aliphatic heterocycles. The maximum atomic E-state index is 11.5. The summed E-state index contributed by atoms with van der Waals surface area (Å²) < 4.78 is 12.1. The van der Waals surface area contributed by atoms with E-state index >= 15 is 0 Å². The number of methoxy groups -OCH3 is 1. The Hall–Kier alpha value is -2.64. The SMILES string of the molecule is COc1cccc(OCc2nnnn2C(CC(C)C)C(=O)O)c1. The summed E-state index contributed by atoms with van der Waals surface area (Å²) >= 11 is 0. The zero-order chi connectivity index (χ0) is 16.8. The van der Waals surface area contributed by atoms with E-state index in [9.17, 15) is 9.90 Å². The number of carbonyl (C=O) groups is 1. The molecule has 1 aromatic heterocycles. The molecule has 0 fully saturated rings. The molecule has 0 saturated heterocycles. The van der Waals surface area contributed by atoms with Crippen LogP contribution in [0, 0.1) is 5.92 Å². The average Bonchev–Trinajstić information content (AvgIpc) is 2.98. The van der Waals surface area contributed by atoms with Crippen LogP contribution in [0.2, 0.25) is 0 Å². The van der Waals surface area contributed by atoms with Crippen LogP contribution in [0.15, 0.2) is 24.3 Å². The van der Waals surface area contributed by atoms with Gasteiger partial charge in [-0.2, -0.15) is 0 Å². The second kappa shape index (κ2) is 7.57. The third kappa shape index (κ3) is 4.41. The Morgan fingerprint density at radius 1 is 1.35 bits per heavy atom. The van der Waals surface area contributed by atoms with Crippen molar-refractivity contribution in [3.8, 4) is 11.5 Å². The van der Waals surface area contributed by atoms with Crippen molar-refractivity contribution in [3.63, 3.8) is 0 Å². The Balaban J connectivity index is 2.12. The summed E-state index contributed by atoms with van der Waals surface area (Å²) in [5.41, 5.74) is 0. The number of aliphatic carboxylic acids is 1. The molecule has 0 aliphatic rings. The molecule has 1 heterocycles. The minimum Gasteiger partial charge on any atom is -0.497 e. The molecule has 2 aromatic rings. The molecule has 0 saturated carbocycles. The molecule has 0 amide bonds. The fourth-order valence-corrected chi connectivity index (χ4v) is 2.14. The van der Waals surface area contributed by atoms with E-state index in [0.717, 1.165) is 0 Å². The minimum absolute atomic E-state index is 0.0715. The van der Waals surface area contributed by atoms with Crippen LogP contribution in [0.25, 0.3) is 0 Å². The van der Waals surface area contributed by atoms with Gasteiger partial charge in [-0.25, -0.2) is 9.48 Å². The summed E-state index contributed by atoms with van der Waals surface area (Å²) in [4.78, 5) is 11.5. The van der Waals surface area contributed by atoms with Gasteiger partial charge in [-0.15, -0.1) is 5.10 Å². The second-order valence-corrected chi connectivity index (χ2v) is 5.49. The number of hydrogen-bond acceptors (Lipinski definition) is 6. The van der Waals surface area contributed by atoms with Crippen molar-refractivity contribution in [1.82, 2.24) is 20.2 Å². The van der Waals surface area contributed by atoms with Crippen LogP contribution in [0.5, 0.6) is 11.5 Å². The predicted octanol–water partition coefficient (Wildman–Crippen LogP) is 1.93. The van der Waals surface area contributed by atoms with Gasteiger partial charge in [-0.3, -0.25) is 0 Å². The molecule has 1 N–H and O–H groups in total. The number of aromatic nitrogens is 4. The van der Waals surface area contributed by atoms with E-state index in [4.69, 9.17) is 9.47 Å². The lowest BCUT2D eigenvalue weighted by molar-refractivity contribution is -0.141. The van der Waals surface area contributed by atoms with Crippen LogP contribution in [0.4, 0.5) is 0 Å². The topological polar surface area (TPSA) is 99.4 Å². The lowest BCUT2D eigenvalue weighted by Crippen LogP contribution is -2.24. The van der Waals surface area contributed by atoms with Crippen molar-refractivity contribution in [3.05, 3.63) is 30.1 Å². The van der Waals surface area contributed by atoms with Crippen LogP contribution in [0.3, 0.4) is 0 Å². The Morgan fingerprint density at radius 2 is 2.09 bits per heavy atom. The summed E-state index contributed by atoms with van der Waals surface area (Å²) in [5, 5.41) is 20.6. The lowest BCUT2D eigenvalue weighted by Gasteiger charge is -2.16. The average molecular weight is 320 g/mol. The van der Waals surface area contributed by atoms with Crippen LogP contribution >= 0.6 is 0 Å². The molecule has 1 aromatic carbocycles. The van der Waals surface area contributed by atoms with Gasteiger partial charge in [0, 0.05) is 6.07 Å². The number of ether oxygens (including phenoxy) is 2. The van der Waals surface area contributed by atoms with Crippen LogP contribution in [-0.2, 0) is 11.4 Å². The number of rotatable bonds is 8. The molecule has 2 rings (SSSR count). The van der Waals surface area contributed by atoms with E-state index in [-0.39, 0.29) is 12.5 Å². The van der Waals surface area contributed by atoms with Crippen LogP contribution in [-0.4, -0.2) is 38.4 Å². The molecule has 0 radical (unpaired) electrons. The predicted molar refractivity (Wildman–Crippen MR) is 81.3 cm³/mol. The normalized spacial score (nSPS) is 12.2. The van der Waals surface area contributed by atoms with Crippen LogP contribution in [0.1, 0.15) is 32.1 Å². The molecule has 0 spiro atoms. The highest BCUT2D eigenvalue weighted by Gasteiger charge is 2.25. The zero-order valence-electron chi connectivity index (χ0n) is 13.3. The first-order valence-corrected chi connectivity index (χ1v) is 7.27. The molecule has 1 atom stereocenters. The van der Waals surface area contributed by atoms with E-state index in [1.807, 2.05) is 13.8 Å². The summed E-state index contributed by atoms with van der Waals surface area (Å²) in [6.45, 7) is 3.97. The summed E-state index contributed by atoms with van der Waals surface area (Å²) in [7, 11) is 1.57. The van der Waals surface area contributed by atoms with Gasteiger partial charge in [0.05, 0.1) is 7.11 Å². The van der Waals surface area contributed by atoms with Crippen molar-refractivity contribution in [2.45, 2.75) is 32.9 Å². The highest BCUT2D eigenvalue weighted by atomic mass is 16.5. The van der Waals surface area contributed by atoms with Gasteiger partial charge >= 0.3 is 5.97 Å². The molecule has 8 nitrogen and oxygen atoms in total. The molecule has 0 aliphatic carbocycles. The van der Waals surface area contributed by atoms with E-state index < -0.39 is 12.0 Å². The monoisotopic (exact) mass is 320 g/mol. The van der Waals surface area contributed by atoms with Crippen molar-refractivity contribution in [2.24, 2.45) is 5.92 Å². The first-order valence-electron chi connectivity index (χ1n) is 7.27. The maximum Gasteiger partial charge on any atom is 0.328 e. The molecule has 8 heteroatoms. The molecule has 124 valence electrons. The number of benzene rings is 1. The third-order valence-corrected chi connectivity index (χ3v) is 3.25. The Kier molecular flexibility index (Phi) is 5.51. The standard InChI is InChI=1S/C15H20N4O4/c1-10(2)7-13(15(20)21)19-14(16-17-18-19)9-23-12-6-4-5-11(8-12)22-3/h4-6,8,10,13H,7,9H2,1-3H3,(H,20,21). The second-order valence-electron chi connectivity index (χ2n) is 5.49. The Morgan fingerprint density at radius 3 is 2.74 bits per heavy atom. The molecule has 23 heavy (non-hydrogen) atoms. The van der Waals surface area contributed by atoms with Crippen LogP contribution < -0.4 is 9.47 Å². The summed E-state index contributed by atoms with van der Waals surface area (Å²) in [6, 6.07) is 6.31. The van der Waals surface area contributed by atoms with E-state index in [1.165, 1.54) is 4.68 Å². The highest BCUT2D eigenvalue weighted by molar-refractivity contribution is 5.71. The third-order valence-electron chi connectivity index (χ3n) is 3.25. The largest absolute Gasteiger partial charge is 0.497 e. The van der Waals surface area contributed by atoms with Gasteiger partial charge in [0.2, 0.25) is 0 Å². The smallest absolute Gasteiger partial charge is 0.328 e. The molecular formula is C15H20N4O4. The van der Waals surface area contributed by atoms with Gasteiger partial charge in [0.1, 0.15) is 18.1 Å². The quantitative estimate of drug-likeness (QED) is 0.793. The Labute approximate surface area is 134 Å².